The lowest BCUT2D eigenvalue weighted by atomic mass is 10.2. The summed E-state index contributed by atoms with van der Waals surface area (Å²) in [5.74, 6) is 5.90. The maximum atomic E-state index is 4.86. The summed E-state index contributed by atoms with van der Waals surface area (Å²) in [6, 6.07) is 4.05. The van der Waals surface area contributed by atoms with Gasteiger partial charge in [-0.25, -0.2) is 4.98 Å². The van der Waals surface area contributed by atoms with Gasteiger partial charge in [-0.3, -0.25) is 0 Å². The van der Waals surface area contributed by atoms with E-state index < -0.39 is 0 Å². The van der Waals surface area contributed by atoms with Gasteiger partial charge in [-0.1, -0.05) is 5.92 Å². The molecule has 3 heteroatoms. The quantitative estimate of drug-likeness (QED) is 0.663. The van der Waals surface area contributed by atoms with Crippen LogP contribution in [0.4, 0.5) is 0 Å². The van der Waals surface area contributed by atoms with Crippen molar-refractivity contribution < 1.29 is 4.74 Å². The van der Waals surface area contributed by atoms with E-state index in [9.17, 15) is 0 Å². The van der Waals surface area contributed by atoms with Crippen LogP contribution in [0.5, 0.6) is 0 Å². The van der Waals surface area contributed by atoms with Crippen LogP contribution in [-0.4, -0.2) is 18.7 Å². The Morgan fingerprint density at radius 2 is 2.43 bits per heavy atom. The highest BCUT2D eigenvalue weighted by Crippen LogP contribution is 2.21. The number of methoxy groups -OCH3 is 1. The van der Waals surface area contributed by atoms with Gasteiger partial charge in [0, 0.05) is 23.4 Å². The van der Waals surface area contributed by atoms with Crippen molar-refractivity contribution in [2.75, 3.05) is 13.7 Å². The van der Waals surface area contributed by atoms with E-state index in [2.05, 4.69) is 16.8 Å². The number of thiophene rings is 1. The molecule has 0 unspecified atom stereocenters. The molecule has 0 N–H and O–H groups in total. The van der Waals surface area contributed by atoms with Crippen LogP contribution in [0.2, 0.25) is 0 Å². The standard InChI is InChI=1S/C11H9NOS/c1-13-7-2-3-10-9-5-8-14-11(9)4-6-12-10/h4-6,8H,7H2,1H3. The SMILES string of the molecule is COCC#Cc1nccc2sccc12. The lowest BCUT2D eigenvalue weighted by Crippen LogP contribution is -1.84. The maximum absolute atomic E-state index is 4.86. The number of nitrogens with zero attached hydrogens (tertiary/aromatic N) is 1. The van der Waals surface area contributed by atoms with Gasteiger partial charge in [0.1, 0.15) is 12.3 Å². The van der Waals surface area contributed by atoms with E-state index in [4.69, 9.17) is 4.74 Å². The molecule has 2 nitrogen and oxygen atoms in total. The van der Waals surface area contributed by atoms with Gasteiger partial charge in [-0.2, -0.15) is 0 Å². The summed E-state index contributed by atoms with van der Waals surface area (Å²) in [5.41, 5.74) is 0.834. The Hall–Kier alpha value is -1.37. The second-order valence-corrected chi connectivity index (χ2v) is 3.67. The van der Waals surface area contributed by atoms with Crippen molar-refractivity contribution >= 4 is 21.4 Å². The molecule has 0 spiro atoms. The number of hydrogen-bond acceptors (Lipinski definition) is 3. The zero-order chi connectivity index (χ0) is 9.80. The molecule has 0 aliphatic rings. The Morgan fingerprint density at radius 1 is 1.50 bits per heavy atom. The Morgan fingerprint density at radius 3 is 3.29 bits per heavy atom. The Bertz CT molecular complexity index is 492. The van der Waals surface area contributed by atoms with Gasteiger partial charge in [0.2, 0.25) is 0 Å². The zero-order valence-electron chi connectivity index (χ0n) is 7.78. The molecule has 2 aromatic rings. The Balaban J connectivity index is 2.43. The maximum Gasteiger partial charge on any atom is 0.121 e. The molecule has 14 heavy (non-hydrogen) atoms. The molecule has 0 aliphatic heterocycles. The minimum atomic E-state index is 0.447. The minimum absolute atomic E-state index is 0.447. The van der Waals surface area contributed by atoms with Gasteiger partial charge in [-0.15, -0.1) is 11.3 Å². The molecule has 0 atom stereocenters. The summed E-state index contributed by atoms with van der Waals surface area (Å²) in [4.78, 5) is 4.23. The number of fused-ring (bicyclic) bond motifs is 1. The van der Waals surface area contributed by atoms with E-state index in [-0.39, 0.29) is 0 Å². The van der Waals surface area contributed by atoms with E-state index in [1.165, 1.54) is 4.70 Å². The Kier molecular flexibility index (Phi) is 2.78. The molecule has 0 aliphatic carbocycles. The summed E-state index contributed by atoms with van der Waals surface area (Å²) in [7, 11) is 1.63. The second-order valence-electron chi connectivity index (χ2n) is 2.73. The van der Waals surface area contributed by atoms with Crippen LogP contribution in [0.15, 0.2) is 23.7 Å². The summed E-state index contributed by atoms with van der Waals surface area (Å²) in [6.45, 7) is 0.447. The summed E-state index contributed by atoms with van der Waals surface area (Å²) < 4.78 is 6.08. The van der Waals surface area contributed by atoms with Crippen LogP contribution in [0.3, 0.4) is 0 Å². The molecular weight excluding hydrogens is 194 g/mol. The highest BCUT2D eigenvalue weighted by atomic mass is 32.1. The molecule has 0 fully saturated rings. The number of rotatable bonds is 1. The summed E-state index contributed by atoms with van der Waals surface area (Å²) >= 11 is 1.70. The summed E-state index contributed by atoms with van der Waals surface area (Å²) in [5, 5.41) is 3.18. The summed E-state index contributed by atoms with van der Waals surface area (Å²) in [6.07, 6.45) is 1.79. The number of aromatic nitrogens is 1. The fourth-order valence-electron chi connectivity index (χ4n) is 1.19. The monoisotopic (exact) mass is 203 g/mol. The van der Waals surface area contributed by atoms with Crippen molar-refractivity contribution in [3.63, 3.8) is 0 Å². The average molecular weight is 203 g/mol. The van der Waals surface area contributed by atoms with Crippen LogP contribution in [-0.2, 0) is 4.74 Å². The van der Waals surface area contributed by atoms with Crippen molar-refractivity contribution in [2.24, 2.45) is 0 Å². The molecule has 0 aromatic carbocycles. The predicted octanol–water partition coefficient (Wildman–Crippen LogP) is 2.29. The van der Waals surface area contributed by atoms with Gasteiger partial charge in [-0.05, 0) is 23.4 Å². The van der Waals surface area contributed by atoms with E-state index in [1.54, 1.807) is 24.6 Å². The first-order chi connectivity index (χ1) is 6.92. The molecule has 0 bridgehead atoms. The van der Waals surface area contributed by atoms with Gasteiger partial charge in [0.05, 0.1) is 0 Å². The van der Waals surface area contributed by atoms with Gasteiger partial charge in [0.15, 0.2) is 0 Å². The first-order valence-electron chi connectivity index (χ1n) is 4.22. The van der Waals surface area contributed by atoms with Crippen LogP contribution in [0.1, 0.15) is 5.69 Å². The van der Waals surface area contributed by atoms with Crippen molar-refractivity contribution in [3.05, 3.63) is 29.4 Å². The molecular formula is C11H9NOS. The van der Waals surface area contributed by atoms with Crippen molar-refractivity contribution in [1.29, 1.82) is 0 Å². The van der Waals surface area contributed by atoms with E-state index in [0.29, 0.717) is 6.61 Å². The molecule has 0 radical (unpaired) electrons. The van der Waals surface area contributed by atoms with E-state index in [1.807, 2.05) is 17.5 Å². The number of pyridine rings is 1. The molecule has 0 saturated carbocycles. The van der Waals surface area contributed by atoms with Crippen LogP contribution < -0.4 is 0 Å². The van der Waals surface area contributed by atoms with E-state index in [0.717, 1.165) is 11.1 Å². The lowest BCUT2D eigenvalue weighted by Gasteiger charge is -1.91. The minimum Gasteiger partial charge on any atom is -0.372 e. The Labute approximate surface area is 86.5 Å². The third-order valence-electron chi connectivity index (χ3n) is 1.80. The second kappa shape index (κ2) is 4.23. The largest absolute Gasteiger partial charge is 0.372 e. The number of hydrogen-bond donors (Lipinski definition) is 0. The van der Waals surface area contributed by atoms with Crippen molar-refractivity contribution in [3.8, 4) is 11.8 Å². The first-order valence-corrected chi connectivity index (χ1v) is 5.10. The normalized spacial score (nSPS) is 9.79. The zero-order valence-corrected chi connectivity index (χ0v) is 8.60. The molecule has 0 amide bonds. The van der Waals surface area contributed by atoms with Crippen LogP contribution in [0, 0.1) is 11.8 Å². The average Bonchev–Trinajstić information content (AvgIpc) is 2.67. The molecule has 2 rings (SSSR count). The fraction of sp³-hybridized carbons (Fsp3) is 0.182. The van der Waals surface area contributed by atoms with Gasteiger partial charge < -0.3 is 4.74 Å². The van der Waals surface area contributed by atoms with E-state index >= 15 is 0 Å². The van der Waals surface area contributed by atoms with Gasteiger partial charge >= 0.3 is 0 Å². The highest BCUT2D eigenvalue weighted by Gasteiger charge is 1.99. The highest BCUT2D eigenvalue weighted by molar-refractivity contribution is 7.17. The van der Waals surface area contributed by atoms with Gasteiger partial charge in [0.25, 0.3) is 0 Å². The predicted molar refractivity (Wildman–Crippen MR) is 58.4 cm³/mol. The molecule has 2 heterocycles. The molecule has 2 aromatic heterocycles. The van der Waals surface area contributed by atoms with Crippen molar-refractivity contribution in [2.45, 2.75) is 0 Å². The third-order valence-corrected chi connectivity index (χ3v) is 2.69. The lowest BCUT2D eigenvalue weighted by molar-refractivity contribution is 0.240. The third kappa shape index (κ3) is 1.77. The smallest absolute Gasteiger partial charge is 0.121 e. The molecule has 70 valence electrons. The van der Waals surface area contributed by atoms with Crippen molar-refractivity contribution in [1.82, 2.24) is 4.98 Å². The first kappa shape index (κ1) is 9.20. The number of ether oxygens (including phenoxy) is 1. The molecule has 0 saturated heterocycles. The van der Waals surface area contributed by atoms with Crippen LogP contribution in [0.25, 0.3) is 10.1 Å². The van der Waals surface area contributed by atoms with Crippen LogP contribution >= 0.6 is 11.3 Å². The fourth-order valence-corrected chi connectivity index (χ4v) is 1.97. The topological polar surface area (TPSA) is 22.1 Å².